The third kappa shape index (κ3) is 5.10. The quantitative estimate of drug-likeness (QED) is 0.784. The predicted molar refractivity (Wildman–Crippen MR) is 109 cm³/mol. The monoisotopic (exact) mass is 384 g/mol. The van der Waals surface area contributed by atoms with Gasteiger partial charge in [-0.3, -0.25) is 9.69 Å². The minimum absolute atomic E-state index is 0.0356. The highest BCUT2D eigenvalue weighted by Gasteiger charge is 2.15. The number of ether oxygens (including phenoxy) is 1. The van der Waals surface area contributed by atoms with Gasteiger partial charge in [0.15, 0.2) is 11.6 Å². The van der Waals surface area contributed by atoms with Crippen molar-refractivity contribution < 1.29 is 13.9 Å². The number of halogens is 1. The number of fused-ring (bicyclic) bond motifs is 1. The number of carbonyl (C=O) groups excluding carboxylic acids is 1. The maximum absolute atomic E-state index is 13.8. The molecule has 1 aliphatic carbocycles. The van der Waals surface area contributed by atoms with Gasteiger partial charge in [-0.25, -0.2) is 4.39 Å². The molecule has 0 heterocycles. The summed E-state index contributed by atoms with van der Waals surface area (Å²) in [7, 11) is 3.30. The van der Waals surface area contributed by atoms with Crippen molar-refractivity contribution in [2.75, 3.05) is 20.7 Å². The van der Waals surface area contributed by atoms with E-state index in [9.17, 15) is 9.18 Å². The first kappa shape index (κ1) is 20.3. The maximum Gasteiger partial charge on any atom is 0.234 e. The Balaban J connectivity index is 1.53. The van der Waals surface area contributed by atoms with Crippen LogP contribution in [0.5, 0.6) is 5.75 Å². The second kappa shape index (κ2) is 9.20. The molecule has 1 unspecified atom stereocenters. The molecule has 4 nitrogen and oxygen atoms in total. The van der Waals surface area contributed by atoms with E-state index in [1.54, 1.807) is 6.07 Å². The number of benzene rings is 2. The van der Waals surface area contributed by atoms with E-state index in [2.05, 4.69) is 23.5 Å². The lowest BCUT2D eigenvalue weighted by atomic mass is 9.89. The van der Waals surface area contributed by atoms with E-state index < -0.39 is 0 Å². The van der Waals surface area contributed by atoms with Crippen LogP contribution in [-0.4, -0.2) is 31.5 Å². The van der Waals surface area contributed by atoms with Crippen LogP contribution in [0.2, 0.25) is 0 Å². The van der Waals surface area contributed by atoms with Gasteiger partial charge in [0.25, 0.3) is 0 Å². The smallest absolute Gasteiger partial charge is 0.234 e. The molecule has 1 aliphatic rings. The van der Waals surface area contributed by atoms with Crippen molar-refractivity contribution in [2.24, 2.45) is 0 Å². The van der Waals surface area contributed by atoms with Crippen molar-refractivity contribution in [1.82, 2.24) is 10.2 Å². The highest BCUT2D eigenvalue weighted by molar-refractivity contribution is 5.78. The van der Waals surface area contributed by atoms with Gasteiger partial charge in [0.05, 0.1) is 19.7 Å². The first-order valence-corrected chi connectivity index (χ1v) is 9.88. The maximum atomic E-state index is 13.8. The molecule has 2 aromatic carbocycles. The van der Waals surface area contributed by atoms with Crippen LogP contribution in [0, 0.1) is 5.82 Å². The molecule has 150 valence electrons. The van der Waals surface area contributed by atoms with Crippen LogP contribution in [-0.2, 0) is 24.2 Å². The summed E-state index contributed by atoms with van der Waals surface area (Å²) < 4.78 is 18.8. The lowest BCUT2D eigenvalue weighted by Gasteiger charge is -2.21. The van der Waals surface area contributed by atoms with Crippen LogP contribution in [0.25, 0.3) is 0 Å². The lowest BCUT2D eigenvalue weighted by molar-refractivity contribution is -0.122. The molecule has 0 radical (unpaired) electrons. The molecule has 1 amide bonds. The fourth-order valence-corrected chi connectivity index (χ4v) is 3.81. The molecule has 3 rings (SSSR count). The Labute approximate surface area is 166 Å². The SMILES string of the molecule is COc1ccc(CN(C)CC(=O)NC(C)c2ccc3c(c2)CCCC3)cc1F. The fourth-order valence-electron chi connectivity index (χ4n) is 3.81. The average molecular weight is 384 g/mol. The number of carbonyl (C=O) groups is 1. The van der Waals surface area contributed by atoms with E-state index in [1.807, 2.05) is 24.9 Å². The highest BCUT2D eigenvalue weighted by Crippen LogP contribution is 2.25. The van der Waals surface area contributed by atoms with E-state index in [4.69, 9.17) is 4.74 Å². The normalized spacial score (nSPS) is 14.5. The van der Waals surface area contributed by atoms with Gasteiger partial charge in [0, 0.05) is 6.54 Å². The number of aryl methyl sites for hydroxylation is 2. The molecule has 28 heavy (non-hydrogen) atoms. The van der Waals surface area contributed by atoms with Gasteiger partial charge in [-0.1, -0.05) is 24.3 Å². The number of rotatable bonds is 7. The number of amides is 1. The second-order valence-electron chi connectivity index (χ2n) is 7.67. The van der Waals surface area contributed by atoms with Gasteiger partial charge in [0.1, 0.15) is 0 Å². The number of nitrogens with zero attached hydrogens (tertiary/aromatic N) is 1. The number of likely N-dealkylation sites (N-methyl/N-ethyl adjacent to an activating group) is 1. The molecule has 1 N–H and O–H groups in total. The Bertz CT molecular complexity index is 837. The molecule has 0 fully saturated rings. The van der Waals surface area contributed by atoms with Crippen LogP contribution in [0.1, 0.15) is 48.1 Å². The fraction of sp³-hybridized carbons (Fsp3) is 0.435. The minimum Gasteiger partial charge on any atom is -0.494 e. The zero-order valence-electron chi connectivity index (χ0n) is 16.9. The molecule has 1 atom stereocenters. The zero-order chi connectivity index (χ0) is 20.1. The first-order valence-electron chi connectivity index (χ1n) is 9.88. The Morgan fingerprint density at radius 1 is 1.18 bits per heavy atom. The second-order valence-corrected chi connectivity index (χ2v) is 7.67. The van der Waals surface area contributed by atoms with Crippen molar-refractivity contribution in [3.8, 4) is 5.75 Å². The molecule has 0 spiro atoms. The third-order valence-electron chi connectivity index (χ3n) is 5.33. The largest absolute Gasteiger partial charge is 0.494 e. The molecule has 0 saturated carbocycles. The van der Waals surface area contributed by atoms with E-state index >= 15 is 0 Å². The Hall–Kier alpha value is -2.40. The van der Waals surface area contributed by atoms with Crippen molar-refractivity contribution >= 4 is 5.91 Å². The summed E-state index contributed by atoms with van der Waals surface area (Å²) in [6.07, 6.45) is 4.80. The van der Waals surface area contributed by atoms with Gasteiger partial charge in [-0.05, 0) is 74.0 Å². The molecule has 0 aliphatic heterocycles. The molecule has 0 bridgehead atoms. The zero-order valence-corrected chi connectivity index (χ0v) is 16.9. The van der Waals surface area contributed by atoms with E-state index in [1.165, 1.54) is 37.1 Å². The van der Waals surface area contributed by atoms with Crippen LogP contribution < -0.4 is 10.1 Å². The molecule has 5 heteroatoms. The van der Waals surface area contributed by atoms with Gasteiger partial charge < -0.3 is 10.1 Å². The predicted octanol–water partition coefficient (Wildman–Crippen LogP) is 4.02. The van der Waals surface area contributed by atoms with Crippen molar-refractivity contribution in [2.45, 2.75) is 45.2 Å². The molecular formula is C23H29FN2O2. The van der Waals surface area contributed by atoms with Crippen LogP contribution in [0.4, 0.5) is 4.39 Å². The summed E-state index contributed by atoms with van der Waals surface area (Å²) in [5.41, 5.74) is 4.81. The molecule has 0 aromatic heterocycles. The van der Waals surface area contributed by atoms with Crippen LogP contribution in [0.3, 0.4) is 0 Å². The topological polar surface area (TPSA) is 41.6 Å². The van der Waals surface area contributed by atoms with Crippen molar-refractivity contribution in [3.63, 3.8) is 0 Å². The van der Waals surface area contributed by atoms with Crippen LogP contribution >= 0.6 is 0 Å². The Kier molecular flexibility index (Phi) is 6.68. The minimum atomic E-state index is -0.390. The van der Waals surface area contributed by atoms with Gasteiger partial charge in [-0.15, -0.1) is 0 Å². The average Bonchev–Trinajstić information content (AvgIpc) is 2.67. The summed E-state index contributed by atoms with van der Waals surface area (Å²) in [4.78, 5) is 14.3. The Morgan fingerprint density at radius 3 is 2.64 bits per heavy atom. The first-order chi connectivity index (χ1) is 13.5. The van der Waals surface area contributed by atoms with Gasteiger partial charge in [0.2, 0.25) is 5.91 Å². The summed E-state index contributed by atoms with van der Waals surface area (Å²) in [5, 5.41) is 3.07. The van der Waals surface area contributed by atoms with Crippen molar-refractivity contribution in [1.29, 1.82) is 0 Å². The van der Waals surface area contributed by atoms with E-state index in [-0.39, 0.29) is 30.1 Å². The highest BCUT2D eigenvalue weighted by atomic mass is 19.1. The van der Waals surface area contributed by atoms with E-state index in [0.29, 0.717) is 6.54 Å². The van der Waals surface area contributed by atoms with Gasteiger partial charge >= 0.3 is 0 Å². The summed E-state index contributed by atoms with van der Waals surface area (Å²) >= 11 is 0. The van der Waals surface area contributed by atoms with Crippen molar-refractivity contribution in [3.05, 3.63) is 64.5 Å². The van der Waals surface area contributed by atoms with Gasteiger partial charge in [-0.2, -0.15) is 0 Å². The number of methoxy groups -OCH3 is 1. The number of hydrogen-bond acceptors (Lipinski definition) is 3. The standard InChI is InChI=1S/C23H29FN2O2/c1-16(19-10-9-18-6-4-5-7-20(18)13-19)25-23(27)15-26(2)14-17-8-11-22(28-3)21(24)12-17/h8-13,16H,4-7,14-15H2,1-3H3,(H,25,27). The molecule has 2 aromatic rings. The summed E-state index contributed by atoms with van der Waals surface area (Å²) in [6.45, 7) is 2.76. The lowest BCUT2D eigenvalue weighted by Crippen LogP contribution is -2.36. The van der Waals surface area contributed by atoms with E-state index in [0.717, 1.165) is 24.0 Å². The molecular weight excluding hydrogens is 355 g/mol. The summed E-state index contributed by atoms with van der Waals surface area (Å²) in [5.74, 6) is -0.205. The summed E-state index contributed by atoms with van der Waals surface area (Å²) in [6, 6.07) is 11.4. The number of hydrogen-bond donors (Lipinski definition) is 1. The molecule has 0 saturated heterocycles. The van der Waals surface area contributed by atoms with Crippen LogP contribution in [0.15, 0.2) is 36.4 Å². The number of nitrogens with one attached hydrogen (secondary N) is 1. The Morgan fingerprint density at radius 2 is 1.93 bits per heavy atom. The third-order valence-corrected chi connectivity index (χ3v) is 5.33.